The summed E-state index contributed by atoms with van der Waals surface area (Å²) in [7, 11) is -3.19. The van der Waals surface area contributed by atoms with Crippen molar-refractivity contribution < 1.29 is 8.42 Å². The molecule has 0 atom stereocenters. The second-order valence-electron chi connectivity index (χ2n) is 6.14. The first-order chi connectivity index (χ1) is 12.3. The first kappa shape index (κ1) is 23.9. The number of halogens is 1. The van der Waals surface area contributed by atoms with E-state index in [1.165, 1.54) is 16.0 Å². The molecule has 27 heavy (non-hydrogen) atoms. The molecule has 0 saturated carbocycles. The molecule has 0 unspecified atom stereocenters. The molecular formula is C19H28IN3O2S2. The number of guanidine groups is 1. The highest BCUT2D eigenvalue weighted by Gasteiger charge is 2.10. The highest BCUT2D eigenvalue weighted by molar-refractivity contribution is 14.0. The molecule has 0 aliphatic carbocycles. The third-order valence-corrected chi connectivity index (χ3v) is 6.39. The Balaban J connectivity index is 0.00000364. The van der Waals surface area contributed by atoms with Gasteiger partial charge < -0.3 is 10.6 Å². The van der Waals surface area contributed by atoms with Crippen molar-refractivity contribution in [2.75, 3.05) is 12.8 Å². The largest absolute Gasteiger partial charge is 0.357 e. The fourth-order valence-corrected chi connectivity index (χ4v) is 4.47. The van der Waals surface area contributed by atoms with Gasteiger partial charge in [0, 0.05) is 22.6 Å². The first-order valence-corrected chi connectivity index (χ1v) is 11.4. The lowest BCUT2D eigenvalue weighted by molar-refractivity contribution is 0.601. The van der Waals surface area contributed by atoms with Gasteiger partial charge in [-0.2, -0.15) is 0 Å². The van der Waals surface area contributed by atoms with E-state index in [1.54, 1.807) is 6.07 Å². The van der Waals surface area contributed by atoms with Crippen LogP contribution in [0.4, 0.5) is 0 Å². The van der Waals surface area contributed by atoms with Crippen LogP contribution in [-0.4, -0.2) is 27.2 Å². The van der Waals surface area contributed by atoms with E-state index < -0.39 is 9.84 Å². The van der Waals surface area contributed by atoms with Crippen LogP contribution in [0.2, 0.25) is 0 Å². The Morgan fingerprint density at radius 1 is 1.11 bits per heavy atom. The average Bonchev–Trinajstić information content (AvgIpc) is 3.04. The Kier molecular flexibility index (Phi) is 9.75. The minimum Gasteiger partial charge on any atom is -0.357 e. The van der Waals surface area contributed by atoms with Crippen LogP contribution in [0.25, 0.3) is 0 Å². The molecule has 0 saturated heterocycles. The van der Waals surface area contributed by atoms with Gasteiger partial charge in [0.2, 0.25) is 0 Å². The predicted octanol–water partition coefficient (Wildman–Crippen LogP) is 3.90. The Bertz CT molecular complexity index is 877. The first-order valence-electron chi connectivity index (χ1n) is 8.72. The number of thiophene rings is 1. The van der Waals surface area contributed by atoms with Crippen molar-refractivity contribution in [3.8, 4) is 0 Å². The Morgan fingerprint density at radius 3 is 2.37 bits per heavy atom. The Hall–Kier alpha value is -1.13. The molecule has 0 fully saturated rings. The van der Waals surface area contributed by atoms with Gasteiger partial charge in [-0.25, -0.2) is 13.4 Å². The zero-order valence-corrected chi connectivity index (χ0v) is 20.2. The summed E-state index contributed by atoms with van der Waals surface area (Å²) in [5, 5.41) is 6.59. The van der Waals surface area contributed by atoms with Crippen molar-refractivity contribution in [3.63, 3.8) is 0 Å². The average molecular weight is 521 g/mol. The van der Waals surface area contributed by atoms with Crippen LogP contribution < -0.4 is 10.6 Å². The number of nitrogens with zero attached hydrogens (tertiary/aromatic N) is 1. The van der Waals surface area contributed by atoms with Crippen LogP contribution >= 0.6 is 35.3 Å². The quantitative estimate of drug-likeness (QED) is 0.330. The highest BCUT2D eigenvalue weighted by atomic mass is 127. The number of aryl methyl sites for hydroxylation is 2. The molecule has 8 heteroatoms. The molecule has 1 aromatic carbocycles. The van der Waals surface area contributed by atoms with Crippen molar-refractivity contribution in [1.29, 1.82) is 0 Å². The fraction of sp³-hybridized carbons (Fsp3) is 0.421. The maximum atomic E-state index is 11.7. The number of aliphatic imine (C=N–C) groups is 1. The normalized spacial score (nSPS) is 11.8. The molecule has 2 N–H and O–H groups in total. The summed E-state index contributed by atoms with van der Waals surface area (Å²) in [6.07, 6.45) is 2.29. The van der Waals surface area contributed by atoms with Crippen molar-refractivity contribution in [2.24, 2.45) is 4.99 Å². The van der Waals surface area contributed by atoms with E-state index in [-0.39, 0.29) is 24.0 Å². The van der Waals surface area contributed by atoms with E-state index in [0.717, 1.165) is 36.6 Å². The maximum Gasteiger partial charge on any atom is 0.191 e. The van der Waals surface area contributed by atoms with Gasteiger partial charge in [-0.15, -0.1) is 35.3 Å². The fourth-order valence-electron chi connectivity index (χ4n) is 2.62. The molecule has 0 radical (unpaired) electrons. The minimum atomic E-state index is -3.19. The summed E-state index contributed by atoms with van der Waals surface area (Å²) < 4.78 is 23.4. The number of hydrogen-bond acceptors (Lipinski definition) is 4. The molecule has 5 nitrogen and oxygen atoms in total. The van der Waals surface area contributed by atoms with Gasteiger partial charge in [-0.1, -0.05) is 19.1 Å². The lowest BCUT2D eigenvalue weighted by atomic mass is 10.1. The molecule has 1 heterocycles. The molecule has 0 bridgehead atoms. The van der Waals surface area contributed by atoms with E-state index >= 15 is 0 Å². The summed E-state index contributed by atoms with van der Waals surface area (Å²) in [4.78, 5) is 7.64. The second kappa shape index (κ2) is 11.0. The molecule has 0 spiro atoms. The molecule has 2 rings (SSSR count). The highest BCUT2D eigenvalue weighted by Crippen LogP contribution is 2.18. The van der Waals surface area contributed by atoms with E-state index in [0.29, 0.717) is 11.4 Å². The van der Waals surface area contributed by atoms with E-state index in [2.05, 4.69) is 34.7 Å². The van der Waals surface area contributed by atoms with Gasteiger partial charge in [0.1, 0.15) is 0 Å². The number of sulfone groups is 1. The van der Waals surface area contributed by atoms with E-state index in [4.69, 9.17) is 0 Å². The number of hydrogen-bond donors (Lipinski definition) is 2. The molecule has 2 aromatic rings. The summed E-state index contributed by atoms with van der Waals surface area (Å²) in [5.41, 5.74) is 1.74. The zero-order valence-electron chi connectivity index (χ0n) is 16.2. The lowest BCUT2D eigenvalue weighted by Crippen LogP contribution is -2.36. The Labute approximate surface area is 183 Å². The topological polar surface area (TPSA) is 70.6 Å². The lowest BCUT2D eigenvalue weighted by Gasteiger charge is -2.11. The van der Waals surface area contributed by atoms with Crippen molar-refractivity contribution >= 4 is 51.1 Å². The van der Waals surface area contributed by atoms with Gasteiger partial charge in [0.15, 0.2) is 15.8 Å². The maximum absolute atomic E-state index is 11.7. The Morgan fingerprint density at radius 2 is 1.81 bits per heavy atom. The van der Waals surface area contributed by atoms with Gasteiger partial charge in [-0.3, -0.25) is 0 Å². The summed E-state index contributed by atoms with van der Waals surface area (Å²) >= 11 is 1.81. The van der Waals surface area contributed by atoms with Crippen LogP contribution in [0, 0.1) is 6.92 Å². The third kappa shape index (κ3) is 7.42. The standard InChI is InChI=1S/C19H27N3O2S2.HI/c1-5-16-8-9-17(25-16)13-22-19(20-6-2)21-12-15-7-10-18(14(3)11-15)26(4,23)24;/h7-11H,5-6,12-13H2,1-4H3,(H2,20,21,22);1H. The van der Waals surface area contributed by atoms with Gasteiger partial charge >= 0.3 is 0 Å². The number of nitrogens with one attached hydrogen (secondary N) is 2. The molecule has 1 aromatic heterocycles. The van der Waals surface area contributed by atoms with Gasteiger partial charge in [-0.05, 0) is 49.6 Å². The molecule has 0 aliphatic heterocycles. The van der Waals surface area contributed by atoms with Crippen molar-refractivity contribution in [2.45, 2.75) is 45.2 Å². The predicted molar refractivity (Wildman–Crippen MR) is 125 cm³/mol. The summed E-state index contributed by atoms with van der Waals surface area (Å²) in [6, 6.07) is 9.68. The van der Waals surface area contributed by atoms with Gasteiger partial charge in [0.25, 0.3) is 0 Å². The van der Waals surface area contributed by atoms with Crippen LogP contribution in [-0.2, 0) is 29.3 Å². The monoisotopic (exact) mass is 521 g/mol. The van der Waals surface area contributed by atoms with Crippen LogP contribution in [0.1, 0.15) is 34.7 Å². The molecule has 0 aliphatic rings. The smallest absolute Gasteiger partial charge is 0.191 e. The van der Waals surface area contributed by atoms with Crippen LogP contribution in [0.5, 0.6) is 0 Å². The zero-order chi connectivity index (χ0) is 19.2. The van der Waals surface area contributed by atoms with Crippen molar-refractivity contribution in [1.82, 2.24) is 10.6 Å². The molecular weight excluding hydrogens is 493 g/mol. The summed E-state index contributed by atoms with van der Waals surface area (Å²) in [5.74, 6) is 0.754. The van der Waals surface area contributed by atoms with E-state index in [1.807, 2.05) is 37.3 Å². The minimum absolute atomic E-state index is 0. The third-order valence-electron chi connectivity index (χ3n) is 3.90. The van der Waals surface area contributed by atoms with Gasteiger partial charge in [0.05, 0.1) is 18.0 Å². The number of benzene rings is 1. The van der Waals surface area contributed by atoms with Crippen LogP contribution in [0.3, 0.4) is 0 Å². The number of rotatable bonds is 7. The molecule has 150 valence electrons. The second-order valence-corrected chi connectivity index (χ2v) is 9.38. The SMILES string of the molecule is CCNC(=NCc1ccc(S(C)(=O)=O)c(C)c1)NCc1ccc(CC)s1.I. The van der Waals surface area contributed by atoms with Crippen molar-refractivity contribution in [3.05, 3.63) is 51.2 Å². The van der Waals surface area contributed by atoms with Crippen LogP contribution in [0.15, 0.2) is 40.2 Å². The van der Waals surface area contributed by atoms with E-state index in [9.17, 15) is 8.42 Å². The molecule has 0 amide bonds. The summed E-state index contributed by atoms with van der Waals surface area (Å²) in [6.45, 7) is 8.01.